The van der Waals surface area contributed by atoms with E-state index in [2.05, 4.69) is 29.7 Å². The largest absolute Gasteiger partial charge is 0.391 e. The van der Waals surface area contributed by atoms with Gasteiger partial charge in [-0.15, -0.1) is 0 Å². The number of aryl methyl sites for hydroxylation is 2. The quantitative estimate of drug-likeness (QED) is 0.437. The van der Waals surface area contributed by atoms with Gasteiger partial charge in [0, 0.05) is 42.7 Å². The highest BCUT2D eigenvalue weighted by molar-refractivity contribution is 5.98. The lowest BCUT2D eigenvalue weighted by atomic mass is 9.94. The molecule has 5 unspecified atom stereocenters. The van der Waals surface area contributed by atoms with E-state index in [0.29, 0.717) is 30.9 Å². The van der Waals surface area contributed by atoms with Gasteiger partial charge in [-0.25, -0.2) is 0 Å². The molecule has 3 amide bonds. The summed E-state index contributed by atoms with van der Waals surface area (Å²) in [5.41, 5.74) is 3.44. The van der Waals surface area contributed by atoms with Crippen molar-refractivity contribution < 1.29 is 19.5 Å². The third-order valence-corrected chi connectivity index (χ3v) is 8.54. The van der Waals surface area contributed by atoms with Crippen LogP contribution in [0.25, 0.3) is 0 Å². The lowest BCUT2D eigenvalue weighted by Crippen LogP contribution is -2.42. The third-order valence-electron chi connectivity index (χ3n) is 8.54. The highest BCUT2D eigenvalue weighted by atomic mass is 16.3. The van der Waals surface area contributed by atoms with Gasteiger partial charge in [-0.3, -0.25) is 14.4 Å². The highest BCUT2D eigenvalue weighted by Gasteiger charge is 2.40. The van der Waals surface area contributed by atoms with Crippen LogP contribution in [0.5, 0.6) is 0 Å². The van der Waals surface area contributed by atoms with Crippen molar-refractivity contribution in [2.75, 3.05) is 18.0 Å². The Labute approximate surface area is 238 Å². The molecule has 3 aliphatic rings. The molecule has 5 rings (SSSR count). The summed E-state index contributed by atoms with van der Waals surface area (Å²) in [7, 11) is 0. The minimum Gasteiger partial charge on any atom is -0.391 e. The fourth-order valence-electron chi connectivity index (χ4n) is 6.32. The molecule has 1 saturated heterocycles. The summed E-state index contributed by atoms with van der Waals surface area (Å²) < 4.78 is 0. The van der Waals surface area contributed by atoms with Crippen molar-refractivity contribution in [2.45, 2.75) is 84.3 Å². The summed E-state index contributed by atoms with van der Waals surface area (Å²) in [6.07, 6.45) is 6.73. The first-order chi connectivity index (χ1) is 19.2. The van der Waals surface area contributed by atoms with Gasteiger partial charge in [0.05, 0.1) is 6.10 Å². The van der Waals surface area contributed by atoms with Crippen LogP contribution in [0.1, 0.15) is 79.8 Å². The summed E-state index contributed by atoms with van der Waals surface area (Å²) in [6.45, 7) is 6.57. The van der Waals surface area contributed by atoms with Crippen LogP contribution in [0.15, 0.2) is 48.5 Å². The Balaban J connectivity index is 0.000000461. The maximum atomic E-state index is 12.7. The number of anilines is 1. The molecule has 216 valence electrons. The highest BCUT2D eigenvalue weighted by Crippen LogP contribution is 2.44. The van der Waals surface area contributed by atoms with E-state index >= 15 is 0 Å². The van der Waals surface area contributed by atoms with Crippen molar-refractivity contribution in [1.29, 1.82) is 0 Å². The number of aliphatic hydroxyl groups excluding tert-OH is 1. The molecule has 1 heterocycles. The van der Waals surface area contributed by atoms with Crippen LogP contribution in [-0.2, 0) is 9.59 Å². The first-order valence-corrected chi connectivity index (χ1v) is 14.9. The Hall–Kier alpha value is -3.19. The molecule has 2 saturated carbocycles. The van der Waals surface area contributed by atoms with Crippen LogP contribution in [-0.4, -0.2) is 48.1 Å². The lowest BCUT2D eigenvalue weighted by Gasteiger charge is -2.27. The van der Waals surface area contributed by atoms with Gasteiger partial charge in [0.1, 0.15) is 0 Å². The van der Waals surface area contributed by atoms with E-state index in [1.54, 1.807) is 17.0 Å². The van der Waals surface area contributed by atoms with Crippen molar-refractivity contribution in [3.63, 3.8) is 0 Å². The molecule has 5 atom stereocenters. The predicted molar refractivity (Wildman–Crippen MR) is 158 cm³/mol. The topological polar surface area (TPSA) is 98.7 Å². The van der Waals surface area contributed by atoms with E-state index in [-0.39, 0.29) is 36.2 Å². The number of aliphatic hydroxyl groups is 1. The molecule has 7 nitrogen and oxygen atoms in total. The molecule has 0 spiro atoms. The van der Waals surface area contributed by atoms with Gasteiger partial charge in [-0.2, -0.15) is 0 Å². The number of carbonyl (C=O) groups excluding carboxylic acids is 3. The molecule has 3 N–H and O–H groups in total. The van der Waals surface area contributed by atoms with Crippen LogP contribution >= 0.6 is 0 Å². The van der Waals surface area contributed by atoms with E-state index in [1.165, 1.54) is 24.8 Å². The molecule has 7 heteroatoms. The molecule has 40 heavy (non-hydrogen) atoms. The first-order valence-electron chi connectivity index (χ1n) is 14.9. The molecule has 1 aliphatic heterocycles. The van der Waals surface area contributed by atoms with Crippen LogP contribution < -0.4 is 15.5 Å². The van der Waals surface area contributed by atoms with Gasteiger partial charge in [-0.1, -0.05) is 49.2 Å². The molecule has 0 radical (unpaired) electrons. The zero-order valence-corrected chi connectivity index (χ0v) is 24.2. The average Bonchev–Trinajstić information content (AvgIpc) is 3.56. The van der Waals surface area contributed by atoms with Crippen molar-refractivity contribution in [3.05, 3.63) is 65.2 Å². The molecule has 2 aromatic rings. The van der Waals surface area contributed by atoms with Crippen molar-refractivity contribution in [3.8, 4) is 0 Å². The number of benzene rings is 2. The van der Waals surface area contributed by atoms with E-state index in [0.717, 1.165) is 36.4 Å². The van der Waals surface area contributed by atoms with Crippen LogP contribution in [0.4, 0.5) is 5.69 Å². The second kappa shape index (κ2) is 13.9. The summed E-state index contributed by atoms with van der Waals surface area (Å²) in [5, 5.41) is 16.4. The molecule has 2 aromatic carbocycles. The number of hydrogen-bond donors (Lipinski definition) is 3. The monoisotopic (exact) mass is 547 g/mol. The standard InChI is InChI=1S/C26H37N3O4.C7H8/c1-16-9-20(14-21(10-16)29-8-4-3-5-24(29)31)26(33)27-15-22(30)11-17(2)25(32)28-23-13-18-6-7-19(23)12-18;1-7-5-3-2-4-6-7/h9-10,14,17-19,22-23,30H,3-8,11-13,15H2,1-2H3,(H,27,33)(H,28,32);2-6H,1H3. The zero-order valence-electron chi connectivity index (χ0n) is 24.2. The van der Waals surface area contributed by atoms with Gasteiger partial charge >= 0.3 is 0 Å². The minimum atomic E-state index is -0.803. The SMILES string of the molecule is Cc1cc(C(=O)NCC(O)CC(C)C(=O)NC2CC3CCC2C3)cc(N2CCCCC2=O)c1.Cc1ccccc1. The minimum absolute atomic E-state index is 0.00699. The molecule has 3 fully saturated rings. The average molecular weight is 548 g/mol. The number of nitrogens with one attached hydrogen (secondary N) is 2. The van der Waals surface area contributed by atoms with Crippen molar-refractivity contribution in [2.24, 2.45) is 17.8 Å². The number of piperidine rings is 1. The van der Waals surface area contributed by atoms with E-state index in [1.807, 2.05) is 38.1 Å². The van der Waals surface area contributed by atoms with Gasteiger partial charge in [0.2, 0.25) is 11.8 Å². The maximum Gasteiger partial charge on any atom is 0.251 e. The zero-order chi connectivity index (χ0) is 28.6. The predicted octanol–water partition coefficient (Wildman–Crippen LogP) is 4.93. The van der Waals surface area contributed by atoms with E-state index < -0.39 is 6.10 Å². The Kier molecular flexibility index (Phi) is 10.4. The lowest BCUT2D eigenvalue weighted by molar-refractivity contribution is -0.126. The summed E-state index contributed by atoms with van der Waals surface area (Å²) in [5.74, 6) is 0.870. The third kappa shape index (κ3) is 8.17. The Morgan fingerprint density at radius 3 is 2.42 bits per heavy atom. The second-order valence-electron chi connectivity index (χ2n) is 12.0. The Bertz CT molecular complexity index is 1170. The first kappa shape index (κ1) is 29.8. The number of fused-ring (bicyclic) bond motifs is 2. The number of amides is 3. The van der Waals surface area contributed by atoms with Crippen molar-refractivity contribution >= 4 is 23.4 Å². The van der Waals surface area contributed by atoms with Gasteiger partial charge in [0.15, 0.2) is 0 Å². The Morgan fingerprint density at radius 1 is 1.02 bits per heavy atom. The number of carbonyl (C=O) groups is 3. The molecule has 0 aromatic heterocycles. The van der Waals surface area contributed by atoms with Gasteiger partial charge in [0.25, 0.3) is 5.91 Å². The second-order valence-corrected chi connectivity index (χ2v) is 12.0. The normalized spacial score (nSPS) is 23.1. The molecular formula is C33H45N3O4. The number of rotatable bonds is 8. The van der Waals surface area contributed by atoms with Crippen LogP contribution in [0.2, 0.25) is 0 Å². The summed E-state index contributed by atoms with van der Waals surface area (Å²) >= 11 is 0. The van der Waals surface area contributed by atoms with Gasteiger partial charge in [-0.05, 0) is 88.0 Å². The van der Waals surface area contributed by atoms with Crippen molar-refractivity contribution in [1.82, 2.24) is 10.6 Å². The smallest absolute Gasteiger partial charge is 0.251 e. The Morgan fingerprint density at radius 2 is 1.80 bits per heavy atom. The van der Waals surface area contributed by atoms with E-state index in [4.69, 9.17) is 0 Å². The fraction of sp³-hybridized carbons (Fsp3) is 0.545. The molecule has 2 aliphatic carbocycles. The van der Waals surface area contributed by atoms with Crippen LogP contribution in [0, 0.1) is 31.6 Å². The van der Waals surface area contributed by atoms with E-state index in [9.17, 15) is 19.5 Å². The summed E-state index contributed by atoms with van der Waals surface area (Å²) in [4.78, 5) is 39.3. The summed E-state index contributed by atoms with van der Waals surface area (Å²) in [6, 6.07) is 16.0. The number of nitrogens with zero attached hydrogens (tertiary/aromatic N) is 1. The molecule has 2 bridgehead atoms. The van der Waals surface area contributed by atoms with Gasteiger partial charge < -0.3 is 20.6 Å². The fourth-order valence-corrected chi connectivity index (χ4v) is 6.32. The number of hydrogen-bond acceptors (Lipinski definition) is 4. The van der Waals surface area contributed by atoms with Crippen LogP contribution in [0.3, 0.4) is 0 Å². The maximum absolute atomic E-state index is 12.7. The molecular weight excluding hydrogens is 502 g/mol.